The number of benzene rings is 3. The summed E-state index contributed by atoms with van der Waals surface area (Å²) < 4.78 is 0. The maximum atomic E-state index is 13.3. The summed E-state index contributed by atoms with van der Waals surface area (Å²) in [4.78, 5) is 15.1. The average Bonchev–Trinajstić information content (AvgIpc) is 3.08. The number of carbonyl (C=O) groups is 1. The molecule has 3 aromatic carbocycles. The number of unbranched alkanes of at least 4 members (excludes halogenated alkanes) is 1. The van der Waals surface area contributed by atoms with Crippen LogP contribution in [0.3, 0.4) is 0 Å². The smallest absolute Gasteiger partial charge is 0.242 e. The highest BCUT2D eigenvalue weighted by Crippen LogP contribution is 2.33. The Hall–Kier alpha value is -2.92. The lowest BCUT2D eigenvalue weighted by atomic mass is 10.0. The van der Waals surface area contributed by atoms with Gasteiger partial charge in [-0.05, 0) is 47.7 Å². The van der Waals surface area contributed by atoms with Crippen LogP contribution in [0.4, 0.5) is 0 Å². The monoisotopic (exact) mass is 443 g/mol. The third kappa shape index (κ3) is 4.94. The summed E-state index contributed by atoms with van der Waals surface area (Å²) >= 11 is 1.55. The second kappa shape index (κ2) is 10.1. The van der Waals surface area contributed by atoms with E-state index in [1.807, 2.05) is 17.0 Å². The number of rotatable bonds is 7. The van der Waals surface area contributed by atoms with Gasteiger partial charge in [0.2, 0.25) is 5.91 Å². The predicted molar refractivity (Wildman–Crippen MR) is 136 cm³/mol. The summed E-state index contributed by atoms with van der Waals surface area (Å²) in [7, 11) is 0. The summed E-state index contributed by atoms with van der Waals surface area (Å²) in [5, 5.41) is 11.8. The first-order chi connectivity index (χ1) is 15.6. The first-order valence-electron chi connectivity index (χ1n) is 11.2. The van der Waals surface area contributed by atoms with E-state index in [9.17, 15) is 4.79 Å². The van der Waals surface area contributed by atoms with Gasteiger partial charge in [0.25, 0.3) is 0 Å². The molecule has 164 valence electrons. The van der Waals surface area contributed by atoms with E-state index in [1.165, 1.54) is 16.3 Å². The molecule has 0 unspecified atom stereocenters. The molecule has 0 spiro atoms. The zero-order chi connectivity index (χ0) is 22.5. The van der Waals surface area contributed by atoms with Gasteiger partial charge in [-0.3, -0.25) is 9.69 Å². The molecule has 0 radical (unpaired) electrons. The molecule has 0 N–H and O–H groups in total. The zero-order valence-corrected chi connectivity index (χ0v) is 19.7. The Kier molecular flexibility index (Phi) is 7.05. The Bertz CT molecular complexity index is 1180. The van der Waals surface area contributed by atoms with Gasteiger partial charge in [-0.15, -0.1) is 5.10 Å². The van der Waals surface area contributed by atoms with E-state index in [2.05, 4.69) is 79.5 Å². The van der Waals surface area contributed by atoms with Crippen molar-refractivity contribution in [2.45, 2.75) is 51.8 Å². The quantitative estimate of drug-likeness (QED) is 0.310. The van der Waals surface area contributed by atoms with Crippen LogP contribution in [0.2, 0.25) is 0 Å². The van der Waals surface area contributed by atoms with E-state index in [0.717, 1.165) is 36.0 Å². The van der Waals surface area contributed by atoms with Gasteiger partial charge in [0, 0.05) is 0 Å². The van der Waals surface area contributed by atoms with Gasteiger partial charge in [-0.2, -0.15) is 5.10 Å². The van der Waals surface area contributed by atoms with Crippen LogP contribution in [0.15, 0.2) is 70.9 Å². The van der Waals surface area contributed by atoms with Crippen molar-refractivity contribution in [3.63, 3.8) is 0 Å². The standard InChI is InChI=1S/C27H29N3OS/c1-4-5-13-25-26(31)30(18-23-11-8-10-21-9-6-7-12-24(21)23)27(32-25)29-28-17-22-15-14-19(2)16-20(22)3/h6-12,14-17,25H,4-5,13,18H2,1-3H3/b28-17-,29-27+/t25-/m0/s1. The van der Waals surface area contributed by atoms with Crippen molar-refractivity contribution < 1.29 is 4.79 Å². The Balaban J connectivity index is 1.62. The van der Waals surface area contributed by atoms with Crippen LogP contribution in [-0.4, -0.2) is 27.4 Å². The van der Waals surface area contributed by atoms with Crippen molar-refractivity contribution in [1.29, 1.82) is 0 Å². The third-order valence-electron chi connectivity index (χ3n) is 5.81. The molecule has 1 saturated heterocycles. The van der Waals surface area contributed by atoms with E-state index in [4.69, 9.17) is 0 Å². The molecule has 1 heterocycles. The fourth-order valence-corrected chi connectivity index (χ4v) is 5.16. The van der Waals surface area contributed by atoms with Crippen molar-refractivity contribution in [1.82, 2.24) is 4.90 Å². The largest absolute Gasteiger partial charge is 0.284 e. The average molecular weight is 444 g/mol. The van der Waals surface area contributed by atoms with Crippen LogP contribution < -0.4 is 0 Å². The minimum Gasteiger partial charge on any atom is -0.284 e. The highest BCUT2D eigenvalue weighted by atomic mass is 32.2. The van der Waals surface area contributed by atoms with Crippen molar-refractivity contribution in [3.8, 4) is 0 Å². The second-order valence-corrected chi connectivity index (χ2v) is 9.47. The first kappa shape index (κ1) is 22.3. The van der Waals surface area contributed by atoms with Crippen LogP contribution in [0.25, 0.3) is 10.8 Å². The summed E-state index contributed by atoms with van der Waals surface area (Å²) in [6, 6.07) is 20.8. The Labute approximate surface area is 194 Å². The molecule has 5 heteroatoms. The number of amidine groups is 1. The molecule has 4 nitrogen and oxygen atoms in total. The number of fused-ring (bicyclic) bond motifs is 1. The number of thioether (sulfide) groups is 1. The lowest BCUT2D eigenvalue weighted by Gasteiger charge is -2.17. The van der Waals surface area contributed by atoms with Gasteiger partial charge >= 0.3 is 0 Å². The Morgan fingerprint density at radius 1 is 1.06 bits per heavy atom. The summed E-state index contributed by atoms with van der Waals surface area (Å²) in [5.41, 5.74) is 4.55. The minimum absolute atomic E-state index is 0.0833. The zero-order valence-electron chi connectivity index (χ0n) is 18.9. The van der Waals surface area contributed by atoms with Crippen LogP contribution in [-0.2, 0) is 11.3 Å². The molecular formula is C27H29N3OS. The van der Waals surface area contributed by atoms with E-state index in [0.29, 0.717) is 11.7 Å². The van der Waals surface area contributed by atoms with Gasteiger partial charge in [-0.1, -0.05) is 97.8 Å². The number of carbonyl (C=O) groups excluding carboxylic acids is 1. The summed E-state index contributed by atoms with van der Waals surface area (Å²) in [6.45, 7) is 6.81. The molecule has 3 aromatic rings. The molecule has 4 rings (SSSR count). The molecule has 1 aliphatic rings. The SMILES string of the molecule is CCCC[C@@H]1S/C(=N/N=C\c2ccc(C)cc2C)N(Cc2cccc3ccccc23)C1=O. The lowest BCUT2D eigenvalue weighted by molar-refractivity contribution is -0.126. The number of hydrogen-bond donors (Lipinski definition) is 0. The summed E-state index contributed by atoms with van der Waals surface area (Å²) in [6.07, 6.45) is 4.75. The van der Waals surface area contributed by atoms with Gasteiger partial charge in [-0.25, -0.2) is 0 Å². The highest BCUT2D eigenvalue weighted by Gasteiger charge is 2.37. The lowest BCUT2D eigenvalue weighted by Crippen LogP contribution is -2.31. The van der Waals surface area contributed by atoms with E-state index < -0.39 is 0 Å². The van der Waals surface area contributed by atoms with Crippen molar-refractivity contribution in [2.24, 2.45) is 10.2 Å². The van der Waals surface area contributed by atoms with Crippen molar-refractivity contribution in [3.05, 3.63) is 82.9 Å². The number of amides is 1. The Morgan fingerprint density at radius 3 is 2.69 bits per heavy atom. The van der Waals surface area contributed by atoms with E-state index >= 15 is 0 Å². The molecule has 0 aromatic heterocycles. The predicted octanol–water partition coefficient (Wildman–Crippen LogP) is 6.48. The summed E-state index contributed by atoms with van der Waals surface area (Å²) in [5.74, 6) is 0.136. The van der Waals surface area contributed by atoms with Crippen molar-refractivity contribution >= 4 is 39.8 Å². The molecule has 0 aliphatic carbocycles. The molecular weight excluding hydrogens is 414 g/mol. The second-order valence-electron chi connectivity index (χ2n) is 8.30. The fraction of sp³-hybridized carbons (Fsp3) is 0.296. The molecule has 32 heavy (non-hydrogen) atoms. The third-order valence-corrected chi connectivity index (χ3v) is 7.05. The molecule has 1 aliphatic heterocycles. The first-order valence-corrected chi connectivity index (χ1v) is 12.1. The molecule has 1 fully saturated rings. The number of aryl methyl sites for hydroxylation is 2. The van der Waals surface area contributed by atoms with Crippen molar-refractivity contribution in [2.75, 3.05) is 0 Å². The van der Waals surface area contributed by atoms with Crippen LogP contribution in [0, 0.1) is 13.8 Å². The van der Waals surface area contributed by atoms with Gasteiger partial charge in [0.15, 0.2) is 5.17 Å². The number of hydrogen-bond acceptors (Lipinski definition) is 4. The van der Waals surface area contributed by atoms with Gasteiger partial charge in [0.05, 0.1) is 18.0 Å². The van der Waals surface area contributed by atoms with Crippen LogP contribution >= 0.6 is 11.8 Å². The topological polar surface area (TPSA) is 45.0 Å². The molecule has 1 amide bonds. The van der Waals surface area contributed by atoms with Gasteiger partial charge in [0.1, 0.15) is 0 Å². The molecule has 0 bridgehead atoms. The maximum Gasteiger partial charge on any atom is 0.242 e. The maximum absolute atomic E-state index is 13.3. The van der Waals surface area contributed by atoms with Crippen LogP contribution in [0.1, 0.15) is 48.4 Å². The molecule has 1 atom stereocenters. The van der Waals surface area contributed by atoms with Crippen LogP contribution in [0.5, 0.6) is 0 Å². The molecule has 0 saturated carbocycles. The van der Waals surface area contributed by atoms with E-state index in [1.54, 1.807) is 18.0 Å². The normalized spacial score (nSPS) is 17.8. The highest BCUT2D eigenvalue weighted by molar-refractivity contribution is 8.15. The minimum atomic E-state index is -0.0833. The Morgan fingerprint density at radius 2 is 1.88 bits per heavy atom. The fourth-order valence-electron chi connectivity index (χ4n) is 4.02. The van der Waals surface area contributed by atoms with E-state index in [-0.39, 0.29) is 11.2 Å². The number of nitrogens with zero attached hydrogens (tertiary/aromatic N) is 3. The van der Waals surface area contributed by atoms with Gasteiger partial charge < -0.3 is 0 Å².